The van der Waals surface area contributed by atoms with Crippen molar-refractivity contribution in [3.63, 3.8) is 0 Å². The van der Waals surface area contributed by atoms with Crippen molar-refractivity contribution >= 4 is 61.3 Å². The monoisotopic (exact) mass is 513 g/mol. The lowest BCUT2D eigenvalue weighted by molar-refractivity contribution is -0.116. The van der Waals surface area contributed by atoms with E-state index >= 15 is 0 Å². The summed E-state index contributed by atoms with van der Waals surface area (Å²) in [6.07, 6.45) is 0.770. The molecule has 0 fully saturated rings. The number of thiazole rings is 2. The molecule has 3 aromatic carbocycles. The third-order valence-corrected chi connectivity index (χ3v) is 7.25. The minimum atomic E-state index is -0.357. The summed E-state index contributed by atoms with van der Waals surface area (Å²) in [5, 5.41) is 11.7. The first-order chi connectivity index (χ1) is 17.5. The molecule has 9 heteroatoms. The highest BCUT2D eigenvalue weighted by molar-refractivity contribution is 7.21. The summed E-state index contributed by atoms with van der Waals surface area (Å²) in [6.45, 7) is 2.08. The summed E-state index contributed by atoms with van der Waals surface area (Å²) in [4.78, 5) is 33.7. The highest BCUT2D eigenvalue weighted by Crippen LogP contribution is 2.31. The first-order valence-corrected chi connectivity index (χ1v) is 13.1. The first kappa shape index (κ1) is 23.7. The number of aryl methyl sites for hydroxylation is 2. The highest BCUT2D eigenvalue weighted by atomic mass is 32.1. The molecule has 5 aromatic rings. The Labute approximate surface area is 216 Å². The third-order valence-electron chi connectivity index (χ3n) is 5.37. The largest absolute Gasteiger partial charge is 0.326 e. The summed E-state index contributed by atoms with van der Waals surface area (Å²) in [7, 11) is 0. The second-order valence-electron chi connectivity index (χ2n) is 8.20. The number of hydrogen-bond donors (Lipinski definition) is 3. The average Bonchev–Trinajstić information content (AvgIpc) is 3.50. The minimum Gasteiger partial charge on any atom is -0.326 e. The van der Waals surface area contributed by atoms with Crippen LogP contribution in [0.15, 0.2) is 78.2 Å². The number of fused-ring (bicyclic) bond motifs is 1. The van der Waals surface area contributed by atoms with Crippen LogP contribution >= 0.6 is 22.7 Å². The molecule has 0 aliphatic heterocycles. The molecule has 0 atom stereocenters. The van der Waals surface area contributed by atoms with E-state index in [0.29, 0.717) is 23.7 Å². The van der Waals surface area contributed by atoms with Crippen LogP contribution < -0.4 is 16.0 Å². The van der Waals surface area contributed by atoms with Crippen molar-refractivity contribution in [3.05, 3.63) is 89.4 Å². The smallest absolute Gasteiger partial charge is 0.325 e. The van der Waals surface area contributed by atoms with E-state index in [9.17, 15) is 9.59 Å². The topological polar surface area (TPSA) is 96.0 Å². The van der Waals surface area contributed by atoms with E-state index in [-0.39, 0.29) is 11.9 Å². The number of carbonyl (C=O) groups excluding carboxylic acids is 2. The molecule has 180 valence electrons. The van der Waals surface area contributed by atoms with E-state index in [2.05, 4.69) is 40.0 Å². The van der Waals surface area contributed by atoms with E-state index < -0.39 is 0 Å². The number of anilines is 3. The van der Waals surface area contributed by atoms with Gasteiger partial charge in [-0.2, -0.15) is 0 Å². The van der Waals surface area contributed by atoms with Crippen LogP contribution in [0, 0.1) is 6.92 Å². The van der Waals surface area contributed by atoms with Gasteiger partial charge in [0, 0.05) is 28.7 Å². The van der Waals surface area contributed by atoms with Crippen molar-refractivity contribution in [1.29, 1.82) is 0 Å². The fraction of sp³-hybridized carbons (Fsp3) is 0.111. The second kappa shape index (κ2) is 10.7. The van der Waals surface area contributed by atoms with Crippen LogP contribution in [0.3, 0.4) is 0 Å². The van der Waals surface area contributed by atoms with Crippen LogP contribution in [0.25, 0.3) is 20.8 Å². The summed E-state index contributed by atoms with van der Waals surface area (Å²) in [5.41, 5.74) is 5.42. The van der Waals surface area contributed by atoms with E-state index in [0.717, 1.165) is 27.5 Å². The zero-order valence-corrected chi connectivity index (χ0v) is 21.1. The zero-order chi connectivity index (χ0) is 24.9. The van der Waals surface area contributed by atoms with Gasteiger partial charge in [0.05, 0.1) is 15.9 Å². The summed E-state index contributed by atoms with van der Waals surface area (Å²) in [6, 6.07) is 22.8. The van der Waals surface area contributed by atoms with Gasteiger partial charge in [-0.05, 0) is 67.4 Å². The Bertz CT molecular complexity index is 1510. The maximum absolute atomic E-state index is 12.5. The number of amides is 3. The van der Waals surface area contributed by atoms with Crippen molar-refractivity contribution in [1.82, 2.24) is 9.97 Å². The predicted molar refractivity (Wildman–Crippen MR) is 148 cm³/mol. The van der Waals surface area contributed by atoms with E-state index in [1.807, 2.05) is 53.9 Å². The van der Waals surface area contributed by atoms with Crippen molar-refractivity contribution in [2.45, 2.75) is 19.8 Å². The molecule has 2 heterocycles. The Kier molecular flexibility index (Phi) is 7.01. The fourth-order valence-corrected chi connectivity index (χ4v) is 5.39. The highest BCUT2D eigenvalue weighted by Gasteiger charge is 2.10. The molecule has 0 unspecified atom stereocenters. The van der Waals surface area contributed by atoms with Gasteiger partial charge in [-0.3, -0.25) is 10.1 Å². The SMILES string of the molecule is Cc1ccc2nc(-c3ccc(NC(=O)CCc4csc(NC(=O)Nc5ccccc5)n4)cc3)sc2c1. The van der Waals surface area contributed by atoms with Crippen molar-refractivity contribution in [2.75, 3.05) is 16.0 Å². The lowest BCUT2D eigenvalue weighted by Gasteiger charge is -2.05. The molecule has 0 saturated heterocycles. The minimum absolute atomic E-state index is 0.0949. The number of urea groups is 1. The van der Waals surface area contributed by atoms with Crippen LogP contribution in [0.4, 0.5) is 21.3 Å². The standard InChI is InChI=1S/C27H23N5O2S2/c1-17-7-13-22-23(15-17)36-25(31-22)18-8-10-20(11-9-18)28-24(33)14-12-21-16-35-27(30-21)32-26(34)29-19-5-3-2-4-6-19/h2-11,13,15-16H,12,14H2,1H3,(H,28,33)(H2,29,30,32,34). The Morgan fingerprint density at radius 3 is 2.44 bits per heavy atom. The number of benzene rings is 3. The molecule has 0 aliphatic rings. The van der Waals surface area contributed by atoms with Gasteiger partial charge >= 0.3 is 6.03 Å². The molecule has 5 rings (SSSR count). The average molecular weight is 514 g/mol. The molecule has 2 aromatic heterocycles. The molecule has 7 nitrogen and oxygen atoms in total. The van der Waals surface area contributed by atoms with Gasteiger partial charge in [-0.15, -0.1) is 22.7 Å². The van der Waals surface area contributed by atoms with Gasteiger partial charge < -0.3 is 10.6 Å². The van der Waals surface area contributed by atoms with Crippen LogP contribution in [0.2, 0.25) is 0 Å². The van der Waals surface area contributed by atoms with Crippen molar-refractivity contribution in [3.8, 4) is 10.6 Å². The number of aromatic nitrogens is 2. The number of para-hydroxylation sites is 1. The van der Waals surface area contributed by atoms with Crippen LogP contribution in [-0.2, 0) is 11.2 Å². The first-order valence-electron chi connectivity index (χ1n) is 11.4. The van der Waals surface area contributed by atoms with E-state index in [1.54, 1.807) is 23.5 Å². The van der Waals surface area contributed by atoms with Gasteiger partial charge in [-0.25, -0.2) is 14.8 Å². The normalized spacial score (nSPS) is 10.8. The molecule has 3 N–H and O–H groups in total. The number of carbonyl (C=O) groups is 2. The maximum Gasteiger partial charge on any atom is 0.325 e. The molecular formula is C27H23N5O2S2. The molecule has 0 aliphatic carbocycles. The Hall–Kier alpha value is -4.08. The zero-order valence-electron chi connectivity index (χ0n) is 19.4. The number of rotatable bonds is 7. The number of nitrogens with one attached hydrogen (secondary N) is 3. The quantitative estimate of drug-likeness (QED) is 0.220. The number of nitrogens with zero attached hydrogens (tertiary/aromatic N) is 2. The summed E-state index contributed by atoms with van der Waals surface area (Å²) < 4.78 is 1.17. The summed E-state index contributed by atoms with van der Waals surface area (Å²) in [5.74, 6) is -0.0949. The van der Waals surface area contributed by atoms with Crippen LogP contribution in [0.5, 0.6) is 0 Å². The van der Waals surface area contributed by atoms with Gasteiger partial charge in [0.15, 0.2) is 5.13 Å². The van der Waals surface area contributed by atoms with Gasteiger partial charge in [0.25, 0.3) is 0 Å². The van der Waals surface area contributed by atoms with E-state index in [1.165, 1.54) is 21.6 Å². The van der Waals surface area contributed by atoms with Gasteiger partial charge in [0.2, 0.25) is 5.91 Å². The molecule has 0 spiro atoms. The summed E-state index contributed by atoms with van der Waals surface area (Å²) >= 11 is 2.99. The van der Waals surface area contributed by atoms with Gasteiger partial charge in [0.1, 0.15) is 5.01 Å². The molecule has 0 saturated carbocycles. The maximum atomic E-state index is 12.5. The number of hydrogen-bond acceptors (Lipinski definition) is 6. The third kappa shape index (κ3) is 5.94. The van der Waals surface area contributed by atoms with Crippen molar-refractivity contribution in [2.24, 2.45) is 0 Å². The molecule has 3 amide bonds. The Morgan fingerprint density at radius 2 is 1.64 bits per heavy atom. The molecule has 0 radical (unpaired) electrons. The Balaban J connectivity index is 1.11. The van der Waals surface area contributed by atoms with Gasteiger partial charge in [-0.1, -0.05) is 24.3 Å². The molecule has 0 bridgehead atoms. The lowest BCUT2D eigenvalue weighted by atomic mass is 10.2. The second-order valence-corrected chi connectivity index (χ2v) is 10.1. The molecule has 36 heavy (non-hydrogen) atoms. The predicted octanol–water partition coefficient (Wildman–Crippen LogP) is 6.94. The van der Waals surface area contributed by atoms with Crippen LogP contribution in [0.1, 0.15) is 17.7 Å². The lowest BCUT2D eigenvalue weighted by Crippen LogP contribution is -2.19. The Morgan fingerprint density at radius 1 is 0.861 bits per heavy atom. The molecular weight excluding hydrogens is 490 g/mol. The fourth-order valence-electron chi connectivity index (χ4n) is 3.58. The van der Waals surface area contributed by atoms with E-state index in [4.69, 9.17) is 4.98 Å². The van der Waals surface area contributed by atoms with Crippen LogP contribution in [-0.4, -0.2) is 21.9 Å². The van der Waals surface area contributed by atoms with Crippen molar-refractivity contribution < 1.29 is 9.59 Å².